The van der Waals surface area contributed by atoms with Gasteiger partial charge in [-0.15, -0.1) is 0 Å². The molecule has 0 amide bonds. The van der Waals surface area contributed by atoms with Crippen LogP contribution in [0.3, 0.4) is 0 Å². The lowest BCUT2D eigenvalue weighted by Crippen LogP contribution is -1.99. The number of aromatic amines is 1. The highest BCUT2D eigenvalue weighted by molar-refractivity contribution is 7.71. The van der Waals surface area contributed by atoms with Gasteiger partial charge in [-0.2, -0.15) is 5.10 Å². The van der Waals surface area contributed by atoms with E-state index in [1.54, 1.807) is 0 Å². The molecule has 0 saturated heterocycles. The Hall–Kier alpha value is -2.01. The first kappa shape index (κ1) is 13.9. The number of pyridine rings is 1. The molecule has 5 heteroatoms. The molecule has 0 aliphatic heterocycles. The van der Waals surface area contributed by atoms with Gasteiger partial charge < -0.3 is 4.57 Å². The lowest BCUT2D eigenvalue weighted by molar-refractivity contribution is 0.829. The first-order valence-corrected chi connectivity index (χ1v) is 7.41. The van der Waals surface area contributed by atoms with E-state index in [1.807, 2.05) is 11.6 Å². The SMILES string of the molecule is Cc1ccc2nc(C(C)C)cc(-c3n[nH]c(=S)n3C)c2c1. The van der Waals surface area contributed by atoms with Crippen molar-refractivity contribution in [1.82, 2.24) is 19.7 Å². The average molecular weight is 298 g/mol. The molecule has 0 spiro atoms. The number of benzene rings is 1. The Morgan fingerprint density at radius 3 is 2.62 bits per heavy atom. The van der Waals surface area contributed by atoms with Gasteiger partial charge in [-0.05, 0) is 43.3 Å². The monoisotopic (exact) mass is 298 g/mol. The van der Waals surface area contributed by atoms with E-state index in [0.717, 1.165) is 28.0 Å². The van der Waals surface area contributed by atoms with E-state index in [1.165, 1.54) is 5.56 Å². The minimum absolute atomic E-state index is 0.363. The van der Waals surface area contributed by atoms with Crippen LogP contribution >= 0.6 is 12.2 Å². The van der Waals surface area contributed by atoms with Gasteiger partial charge >= 0.3 is 0 Å². The van der Waals surface area contributed by atoms with Crippen LogP contribution in [0.25, 0.3) is 22.3 Å². The summed E-state index contributed by atoms with van der Waals surface area (Å²) in [6.07, 6.45) is 0. The van der Waals surface area contributed by atoms with Gasteiger partial charge in [0.1, 0.15) is 0 Å². The summed E-state index contributed by atoms with van der Waals surface area (Å²) in [7, 11) is 1.93. The summed E-state index contributed by atoms with van der Waals surface area (Å²) >= 11 is 5.24. The molecule has 0 aliphatic carbocycles. The summed E-state index contributed by atoms with van der Waals surface area (Å²) in [6.45, 7) is 6.38. The normalized spacial score (nSPS) is 11.5. The molecule has 21 heavy (non-hydrogen) atoms. The molecule has 0 unspecified atom stereocenters. The summed E-state index contributed by atoms with van der Waals surface area (Å²) in [6, 6.07) is 8.43. The highest BCUT2D eigenvalue weighted by Crippen LogP contribution is 2.30. The zero-order valence-electron chi connectivity index (χ0n) is 12.6. The van der Waals surface area contributed by atoms with Gasteiger partial charge in [0.2, 0.25) is 0 Å². The highest BCUT2D eigenvalue weighted by atomic mass is 32.1. The third kappa shape index (κ3) is 2.38. The maximum atomic E-state index is 5.24. The summed E-state index contributed by atoms with van der Waals surface area (Å²) in [5, 5.41) is 8.35. The van der Waals surface area contributed by atoms with Crippen LogP contribution in [0.15, 0.2) is 24.3 Å². The van der Waals surface area contributed by atoms with Crippen molar-refractivity contribution in [2.45, 2.75) is 26.7 Å². The van der Waals surface area contributed by atoms with E-state index in [-0.39, 0.29) is 0 Å². The van der Waals surface area contributed by atoms with Crippen molar-refractivity contribution in [3.05, 3.63) is 40.3 Å². The third-order valence-electron chi connectivity index (χ3n) is 3.70. The number of nitrogens with one attached hydrogen (secondary N) is 1. The highest BCUT2D eigenvalue weighted by Gasteiger charge is 2.14. The molecule has 0 bridgehead atoms. The summed E-state index contributed by atoms with van der Waals surface area (Å²) in [4.78, 5) is 4.77. The van der Waals surface area contributed by atoms with Crippen LogP contribution < -0.4 is 0 Å². The summed E-state index contributed by atoms with van der Waals surface area (Å²) < 4.78 is 2.52. The molecule has 0 atom stereocenters. The lowest BCUT2D eigenvalue weighted by atomic mass is 10.0. The van der Waals surface area contributed by atoms with Gasteiger partial charge in [0.05, 0.1) is 5.52 Å². The van der Waals surface area contributed by atoms with E-state index < -0.39 is 0 Å². The molecule has 3 aromatic rings. The fraction of sp³-hybridized carbons (Fsp3) is 0.312. The topological polar surface area (TPSA) is 46.5 Å². The fourth-order valence-corrected chi connectivity index (χ4v) is 2.56. The molecule has 108 valence electrons. The van der Waals surface area contributed by atoms with E-state index >= 15 is 0 Å². The van der Waals surface area contributed by atoms with Crippen molar-refractivity contribution >= 4 is 23.1 Å². The van der Waals surface area contributed by atoms with Crippen LogP contribution in [0.5, 0.6) is 0 Å². The average Bonchev–Trinajstić information content (AvgIpc) is 2.78. The zero-order chi connectivity index (χ0) is 15.1. The Kier molecular flexibility index (Phi) is 3.37. The molecule has 1 N–H and O–H groups in total. The van der Waals surface area contributed by atoms with Crippen LogP contribution in [-0.2, 0) is 7.05 Å². The van der Waals surface area contributed by atoms with Gasteiger partial charge in [-0.3, -0.25) is 10.1 Å². The third-order valence-corrected chi connectivity index (χ3v) is 4.06. The quantitative estimate of drug-likeness (QED) is 0.724. The molecule has 3 rings (SSSR count). The molecule has 4 nitrogen and oxygen atoms in total. The number of H-pyrrole nitrogens is 1. The molecular formula is C16H18N4S. The maximum Gasteiger partial charge on any atom is 0.195 e. The van der Waals surface area contributed by atoms with Crippen molar-refractivity contribution in [2.75, 3.05) is 0 Å². The minimum Gasteiger partial charge on any atom is -0.303 e. The second-order valence-electron chi connectivity index (χ2n) is 5.68. The van der Waals surface area contributed by atoms with Crippen molar-refractivity contribution in [1.29, 1.82) is 0 Å². The minimum atomic E-state index is 0.363. The van der Waals surface area contributed by atoms with Crippen LogP contribution in [0, 0.1) is 11.7 Å². The Balaban J connectivity index is 2.40. The first-order valence-electron chi connectivity index (χ1n) is 7.00. The standard InChI is InChI=1S/C16H18N4S/c1-9(2)14-8-12(15-18-19-16(21)20(15)4)11-7-10(3)5-6-13(11)17-14/h5-9H,1-4H3,(H,19,21). The number of nitrogens with zero attached hydrogens (tertiary/aromatic N) is 3. The van der Waals surface area contributed by atoms with Crippen molar-refractivity contribution in [3.8, 4) is 11.4 Å². The van der Waals surface area contributed by atoms with E-state index in [0.29, 0.717) is 10.7 Å². The molecule has 2 aromatic heterocycles. The van der Waals surface area contributed by atoms with Gasteiger partial charge in [0.25, 0.3) is 0 Å². The van der Waals surface area contributed by atoms with Crippen LogP contribution in [0.2, 0.25) is 0 Å². The largest absolute Gasteiger partial charge is 0.303 e. The number of rotatable bonds is 2. The Morgan fingerprint density at radius 2 is 2.00 bits per heavy atom. The van der Waals surface area contributed by atoms with E-state index in [4.69, 9.17) is 17.2 Å². The second-order valence-corrected chi connectivity index (χ2v) is 6.07. The van der Waals surface area contributed by atoms with E-state index in [9.17, 15) is 0 Å². The van der Waals surface area contributed by atoms with E-state index in [2.05, 4.69) is 55.2 Å². The van der Waals surface area contributed by atoms with Crippen LogP contribution in [0.4, 0.5) is 0 Å². The van der Waals surface area contributed by atoms with Gasteiger partial charge in [-0.1, -0.05) is 25.5 Å². The molecule has 0 saturated carbocycles. The number of fused-ring (bicyclic) bond motifs is 1. The summed E-state index contributed by atoms with van der Waals surface area (Å²) in [5.74, 6) is 1.21. The van der Waals surface area contributed by atoms with Crippen molar-refractivity contribution < 1.29 is 0 Å². The van der Waals surface area contributed by atoms with Gasteiger partial charge in [-0.25, -0.2) is 0 Å². The van der Waals surface area contributed by atoms with Crippen LogP contribution in [0.1, 0.15) is 31.0 Å². The predicted molar refractivity (Wildman–Crippen MR) is 88.0 cm³/mol. The number of aromatic nitrogens is 4. The Labute approximate surface area is 128 Å². The fourth-order valence-electron chi connectivity index (χ4n) is 2.43. The maximum absolute atomic E-state index is 5.24. The number of hydrogen-bond acceptors (Lipinski definition) is 3. The predicted octanol–water partition coefficient (Wildman–Crippen LogP) is 4.12. The Bertz CT molecular complexity index is 874. The second kappa shape index (κ2) is 5.07. The molecule has 0 fully saturated rings. The van der Waals surface area contributed by atoms with Crippen LogP contribution in [-0.4, -0.2) is 19.7 Å². The Morgan fingerprint density at radius 1 is 1.24 bits per heavy atom. The number of aryl methyl sites for hydroxylation is 1. The smallest absolute Gasteiger partial charge is 0.195 e. The summed E-state index contributed by atoms with van der Waals surface area (Å²) in [5.41, 5.74) is 4.34. The molecule has 2 heterocycles. The molecular weight excluding hydrogens is 280 g/mol. The molecule has 0 radical (unpaired) electrons. The van der Waals surface area contributed by atoms with Gasteiger partial charge in [0, 0.05) is 23.7 Å². The van der Waals surface area contributed by atoms with Gasteiger partial charge in [0.15, 0.2) is 10.6 Å². The lowest BCUT2D eigenvalue weighted by Gasteiger charge is -2.12. The molecule has 0 aliphatic rings. The first-order chi connectivity index (χ1) is 9.97. The molecule has 1 aromatic carbocycles. The van der Waals surface area contributed by atoms with Crippen molar-refractivity contribution in [3.63, 3.8) is 0 Å². The zero-order valence-corrected chi connectivity index (χ0v) is 13.5. The number of hydrogen-bond donors (Lipinski definition) is 1. The van der Waals surface area contributed by atoms with Crippen molar-refractivity contribution in [2.24, 2.45) is 7.05 Å².